The van der Waals surface area contributed by atoms with Crippen LogP contribution in [0.15, 0.2) is 18.2 Å². The van der Waals surface area contributed by atoms with Crippen LogP contribution in [-0.4, -0.2) is 65.2 Å². The molecular weight excluding hydrogens is 238 g/mol. The summed E-state index contributed by atoms with van der Waals surface area (Å²) in [4.78, 5) is 10.3. The van der Waals surface area contributed by atoms with Gasteiger partial charge in [0.15, 0.2) is 0 Å². The van der Waals surface area contributed by atoms with Crippen molar-refractivity contribution in [3.63, 3.8) is 0 Å². The molecule has 0 aliphatic heterocycles. The summed E-state index contributed by atoms with van der Waals surface area (Å²) in [5.74, 6) is -2.21. The molecule has 0 amide bonds. The Hall–Kier alpha value is -1.79. The second-order valence-corrected chi connectivity index (χ2v) is 4.71. The Morgan fingerprint density at radius 2 is 1.61 bits per heavy atom. The SMILES string of the molecule is C[N+](C)(C)CCO.O=C(O)c1c(O)cccc1O. The number of aromatic hydroxyl groups is 2. The molecule has 1 aromatic rings. The van der Waals surface area contributed by atoms with E-state index in [4.69, 9.17) is 20.4 Å². The lowest BCUT2D eigenvalue weighted by molar-refractivity contribution is -0.870. The van der Waals surface area contributed by atoms with E-state index in [1.54, 1.807) is 0 Å². The molecule has 4 N–H and O–H groups in total. The number of quaternary nitrogens is 1. The number of benzene rings is 1. The van der Waals surface area contributed by atoms with Crippen molar-refractivity contribution in [3.05, 3.63) is 23.8 Å². The molecular formula is C12H20NO5+. The lowest BCUT2D eigenvalue weighted by atomic mass is 10.2. The van der Waals surface area contributed by atoms with Gasteiger partial charge in [0.1, 0.15) is 23.6 Å². The molecule has 0 radical (unpaired) electrons. The number of carboxylic acid groups (broad SMARTS) is 1. The summed E-state index contributed by atoms with van der Waals surface area (Å²) in [7, 11) is 6.16. The summed E-state index contributed by atoms with van der Waals surface area (Å²) in [6.07, 6.45) is 0. The minimum absolute atomic E-state index is 0.281. The first-order valence-electron chi connectivity index (χ1n) is 5.34. The van der Waals surface area contributed by atoms with Crippen molar-refractivity contribution >= 4 is 5.97 Å². The van der Waals surface area contributed by atoms with Gasteiger partial charge in [0.05, 0.1) is 27.7 Å². The predicted molar refractivity (Wildman–Crippen MR) is 66.7 cm³/mol. The maximum absolute atomic E-state index is 10.3. The number of nitrogens with zero attached hydrogens (tertiary/aromatic N) is 1. The zero-order chi connectivity index (χ0) is 14.3. The van der Waals surface area contributed by atoms with Gasteiger partial charge in [-0.25, -0.2) is 4.79 Å². The Balaban J connectivity index is 0.000000360. The molecule has 0 unspecified atom stereocenters. The van der Waals surface area contributed by atoms with E-state index in [-0.39, 0.29) is 6.61 Å². The van der Waals surface area contributed by atoms with Gasteiger partial charge in [-0.1, -0.05) is 6.07 Å². The Morgan fingerprint density at radius 3 is 1.78 bits per heavy atom. The predicted octanol–water partition coefficient (Wildman–Crippen LogP) is 0.481. The Bertz CT molecular complexity index is 378. The molecule has 18 heavy (non-hydrogen) atoms. The fraction of sp³-hybridized carbons (Fsp3) is 0.417. The van der Waals surface area contributed by atoms with Crippen molar-refractivity contribution in [3.8, 4) is 11.5 Å². The van der Waals surface area contributed by atoms with Crippen LogP contribution in [0.1, 0.15) is 10.4 Å². The highest BCUT2D eigenvalue weighted by Crippen LogP contribution is 2.25. The van der Waals surface area contributed by atoms with E-state index in [9.17, 15) is 4.79 Å². The number of phenols is 2. The van der Waals surface area contributed by atoms with E-state index in [1.165, 1.54) is 18.2 Å². The average molecular weight is 258 g/mol. The van der Waals surface area contributed by atoms with Crippen LogP contribution in [0.3, 0.4) is 0 Å². The minimum atomic E-state index is -1.35. The fourth-order valence-corrected chi connectivity index (χ4v) is 1.05. The molecule has 0 spiro atoms. The van der Waals surface area contributed by atoms with Gasteiger partial charge in [0.2, 0.25) is 0 Å². The third-order valence-corrected chi connectivity index (χ3v) is 2.01. The van der Waals surface area contributed by atoms with Gasteiger partial charge in [-0.3, -0.25) is 0 Å². The number of aliphatic hydroxyl groups excluding tert-OH is 1. The number of rotatable bonds is 3. The molecule has 1 rings (SSSR count). The van der Waals surface area contributed by atoms with Crippen molar-refractivity contribution in [1.82, 2.24) is 0 Å². The van der Waals surface area contributed by atoms with Crippen molar-refractivity contribution in [1.29, 1.82) is 0 Å². The van der Waals surface area contributed by atoms with Gasteiger partial charge >= 0.3 is 5.97 Å². The van der Waals surface area contributed by atoms with Crippen LogP contribution in [0.2, 0.25) is 0 Å². The second-order valence-electron chi connectivity index (χ2n) is 4.71. The summed E-state index contributed by atoms with van der Waals surface area (Å²) >= 11 is 0. The molecule has 1 aromatic carbocycles. The van der Waals surface area contributed by atoms with Crippen LogP contribution in [0.4, 0.5) is 0 Å². The van der Waals surface area contributed by atoms with Crippen molar-refractivity contribution in [2.75, 3.05) is 34.3 Å². The smallest absolute Gasteiger partial charge is 0.343 e. The zero-order valence-electron chi connectivity index (χ0n) is 10.8. The van der Waals surface area contributed by atoms with Gasteiger partial charge < -0.3 is 24.9 Å². The number of likely N-dealkylation sites (N-methyl/N-ethyl adjacent to an activating group) is 1. The Labute approximate surface area is 106 Å². The number of aliphatic hydroxyl groups is 1. The third kappa shape index (κ3) is 6.07. The van der Waals surface area contributed by atoms with E-state index in [0.717, 1.165) is 11.0 Å². The molecule has 0 saturated heterocycles. The van der Waals surface area contributed by atoms with Crippen molar-refractivity contribution in [2.24, 2.45) is 0 Å². The lowest BCUT2D eigenvalue weighted by Gasteiger charge is -2.21. The molecule has 0 heterocycles. The van der Waals surface area contributed by atoms with E-state index < -0.39 is 23.0 Å². The number of carboxylic acids is 1. The highest BCUT2D eigenvalue weighted by molar-refractivity contribution is 5.93. The average Bonchev–Trinajstić information content (AvgIpc) is 2.15. The van der Waals surface area contributed by atoms with Crippen molar-refractivity contribution < 1.29 is 29.7 Å². The monoisotopic (exact) mass is 258 g/mol. The molecule has 0 bridgehead atoms. The molecule has 0 atom stereocenters. The summed E-state index contributed by atoms with van der Waals surface area (Å²) in [6.45, 7) is 1.11. The maximum Gasteiger partial charge on any atom is 0.343 e. The first kappa shape index (κ1) is 16.2. The van der Waals surface area contributed by atoms with Crippen molar-refractivity contribution in [2.45, 2.75) is 0 Å². The Morgan fingerprint density at radius 1 is 1.17 bits per heavy atom. The fourth-order valence-electron chi connectivity index (χ4n) is 1.05. The highest BCUT2D eigenvalue weighted by Gasteiger charge is 2.13. The van der Waals surface area contributed by atoms with Gasteiger partial charge in [-0.15, -0.1) is 0 Å². The Kier molecular flexibility index (Phi) is 6.15. The van der Waals surface area contributed by atoms with Gasteiger partial charge in [0, 0.05) is 0 Å². The number of aromatic carboxylic acids is 1. The molecule has 0 aliphatic rings. The zero-order valence-corrected chi connectivity index (χ0v) is 10.8. The molecule has 0 fully saturated rings. The van der Waals surface area contributed by atoms with Gasteiger partial charge in [-0.2, -0.15) is 0 Å². The summed E-state index contributed by atoms with van der Waals surface area (Å²) in [5.41, 5.74) is -0.465. The lowest BCUT2D eigenvalue weighted by Crippen LogP contribution is -2.36. The van der Waals surface area contributed by atoms with E-state index in [1.807, 2.05) is 0 Å². The highest BCUT2D eigenvalue weighted by atomic mass is 16.4. The number of carbonyl (C=O) groups is 1. The quantitative estimate of drug-likeness (QED) is 0.591. The number of hydrogen-bond acceptors (Lipinski definition) is 4. The van der Waals surface area contributed by atoms with Gasteiger partial charge in [-0.05, 0) is 12.1 Å². The van der Waals surface area contributed by atoms with Crippen LogP contribution in [-0.2, 0) is 0 Å². The summed E-state index contributed by atoms with van der Waals surface area (Å²) < 4.78 is 0.844. The molecule has 6 nitrogen and oxygen atoms in total. The third-order valence-electron chi connectivity index (χ3n) is 2.01. The van der Waals surface area contributed by atoms with E-state index in [2.05, 4.69) is 21.1 Å². The molecule has 0 saturated carbocycles. The first-order valence-corrected chi connectivity index (χ1v) is 5.34. The van der Waals surface area contributed by atoms with Crippen LogP contribution < -0.4 is 0 Å². The van der Waals surface area contributed by atoms with Crippen LogP contribution in [0, 0.1) is 0 Å². The standard InChI is InChI=1S/C7H6O4.C5H14NO/c8-4-2-1-3-5(9)6(4)7(10)11;1-6(2,3)4-5-7/h1-3,8-9H,(H,10,11);7H,4-5H2,1-3H3/q;+1. The van der Waals surface area contributed by atoms with E-state index in [0.29, 0.717) is 0 Å². The number of hydrogen-bond donors (Lipinski definition) is 4. The topological polar surface area (TPSA) is 98.0 Å². The molecule has 0 aromatic heterocycles. The molecule has 6 heteroatoms. The second kappa shape index (κ2) is 6.83. The molecule has 0 aliphatic carbocycles. The van der Waals surface area contributed by atoms with Crippen LogP contribution in [0.5, 0.6) is 11.5 Å². The van der Waals surface area contributed by atoms with E-state index >= 15 is 0 Å². The minimum Gasteiger partial charge on any atom is -0.507 e. The van der Waals surface area contributed by atoms with Crippen LogP contribution in [0.25, 0.3) is 0 Å². The maximum atomic E-state index is 10.3. The molecule has 102 valence electrons. The summed E-state index contributed by atoms with van der Waals surface area (Å²) in [5, 5.41) is 34.7. The van der Waals surface area contributed by atoms with Gasteiger partial charge in [0.25, 0.3) is 0 Å². The normalized spacial score (nSPS) is 10.4. The largest absolute Gasteiger partial charge is 0.507 e. The van der Waals surface area contributed by atoms with Crippen LogP contribution >= 0.6 is 0 Å². The first-order chi connectivity index (χ1) is 8.19. The summed E-state index contributed by atoms with van der Waals surface area (Å²) in [6, 6.07) is 3.75.